The zero-order chi connectivity index (χ0) is 17.6. The van der Waals surface area contributed by atoms with Crippen LogP contribution in [0.1, 0.15) is 18.2 Å². The van der Waals surface area contributed by atoms with Crippen molar-refractivity contribution in [2.75, 3.05) is 16.7 Å². The Morgan fingerprint density at radius 2 is 1.78 bits per heavy atom. The standard InChI is InChI=1S/C14H18N2O5S2/c1-8-5-13-11(6-12(8)16-22(4,18)19)14(10(3)15-13)23(20,21)7-9(2)17/h5-6,15-16H,7H2,1-4H3. The Morgan fingerprint density at radius 1 is 1.17 bits per heavy atom. The molecule has 7 nitrogen and oxygen atoms in total. The highest BCUT2D eigenvalue weighted by molar-refractivity contribution is 7.92. The van der Waals surface area contributed by atoms with Gasteiger partial charge in [-0.1, -0.05) is 0 Å². The molecular formula is C14H18N2O5S2. The number of hydrogen-bond acceptors (Lipinski definition) is 5. The van der Waals surface area contributed by atoms with Gasteiger partial charge >= 0.3 is 0 Å². The molecule has 0 bridgehead atoms. The Kier molecular flexibility index (Phi) is 4.29. The van der Waals surface area contributed by atoms with Crippen molar-refractivity contribution in [3.63, 3.8) is 0 Å². The molecule has 126 valence electrons. The first-order valence-corrected chi connectivity index (χ1v) is 10.3. The molecule has 0 aliphatic rings. The minimum atomic E-state index is -3.80. The summed E-state index contributed by atoms with van der Waals surface area (Å²) in [7, 11) is -7.30. The fourth-order valence-corrected chi connectivity index (χ4v) is 4.83. The van der Waals surface area contributed by atoms with Gasteiger partial charge in [-0.25, -0.2) is 16.8 Å². The van der Waals surface area contributed by atoms with Gasteiger partial charge in [-0.15, -0.1) is 0 Å². The minimum absolute atomic E-state index is 0.0271. The fraction of sp³-hybridized carbons (Fsp3) is 0.357. The highest BCUT2D eigenvalue weighted by Gasteiger charge is 2.25. The Hall–Kier alpha value is -1.87. The molecule has 1 heterocycles. The first-order chi connectivity index (χ1) is 10.4. The second-order valence-corrected chi connectivity index (χ2v) is 9.30. The maximum absolute atomic E-state index is 12.4. The summed E-state index contributed by atoms with van der Waals surface area (Å²) < 4.78 is 50.1. The average Bonchev–Trinajstić information content (AvgIpc) is 2.61. The van der Waals surface area contributed by atoms with Crippen LogP contribution in [0.4, 0.5) is 5.69 Å². The monoisotopic (exact) mass is 358 g/mol. The molecule has 2 aromatic rings. The summed E-state index contributed by atoms with van der Waals surface area (Å²) in [6.45, 7) is 4.53. The molecule has 9 heteroatoms. The third kappa shape index (κ3) is 3.73. The Balaban J connectivity index is 2.74. The maximum Gasteiger partial charge on any atom is 0.229 e. The van der Waals surface area contributed by atoms with Crippen LogP contribution in [0.2, 0.25) is 0 Å². The second-order valence-electron chi connectivity index (χ2n) is 5.63. The SMILES string of the molecule is CC(=O)CS(=O)(=O)c1c(C)[nH]c2cc(C)c(NS(C)(=O)=O)cc12. The van der Waals surface area contributed by atoms with Crippen LogP contribution >= 0.6 is 0 Å². The van der Waals surface area contributed by atoms with E-state index >= 15 is 0 Å². The normalized spacial score (nSPS) is 12.5. The summed E-state index contributed by atoms with van der Waals surface area (Å²) in [6.07, 6.45) is 1.02. The lowest BCUT2D eigenvalue weighted by molar-refractivity contribution is -0.114. The molecule has 23 heavy (non-hydrogen) atoms. The number of nitrogens with one attached hydrogen (secondary N) is 2. The van der Waals surface area contributed by atoms with Gasteiger partial charge in [0.05, 0.1) is 16.8 Å². The molecule has 0 saturated heterocycles. The second kappa shape index (κ2) is 5.64. The number of anilines is 1. The van der Waals surface area contributed by atoms with Gasteiger partial charge in [0.2, 0.25) is 10.0 Å². The number of carbonyl (C=O) groups excluding carboxylic acids is 1. The van der Waals surface area contributed by atoms with Gasteiger partial charge in [0.25, 0.3) is 0 Å². The molecule has 2 N–H and O–H groups in total. The van der Waals surface area contributed by atoms with E-state index in [4.69, 9.17) is 0 Å². The lowest BCUT2D eigenvalue weighted by Gasteiger charge is -2.09. The van der Waals surface area contributed by atoms with E-state index in [2.05, 4.69) is 9.71 Å². The highest BCUT2D eigenvalue weighted by atomic mass is 32.2. The summed E-state index contributed by atoms with van der Waals surface area (Å²) in [4.78, 5) is 14.2. The summed E-state index contributed by atoms with van der Waals surface area (Å²) in [5.41, 5.74) is 1.94. The van der Waals surface area contributed by atoms with E-state index < -0.39 is 31.4 Å². The lowest BCUT2D eigenvalue weighted by Crippen LogP contribution is -2.14. The first kappa shape index (κ1) is 17.5. The average molecular weight is 358 g/mol. The minimum Gasteiger partial charge on any atom is -0.358 e. The van der Waals surface area contributed by atoms with E-state index in [1.54, 1.807) is 19.9 Å². The van der Waals surface area contributed by atoms with Crippen LogP contribution in [-0.2, 0) is 24.7 Å². The Labute approximate surface area is 135 Å². The topological polar surface area (TPSA) is 113 Å². The van der Waals surface area contributed by atoms with Crippen molar-refractivity contribution < 1.29 is 21.6 Å². The molecule has 1 aromatic heterocycles. The molecule has 1 aromatic carbocycles. The van der Waals surface area contributed by atoms with Gasteiger partial charge < -0.3 is 4.98 Å². The summed E-state index contributed by atoms with van der Waals surface area (Å²) >= 11 is 0. The zero-order valence-electron chi connectivity index (χ0n) is 13.2. The zero-order valence-corrected chi connectivity index (χ0v) is 14.9. The number of aryl methyl sites for hydroxylation is 2. The quantitative estimate of drug-likeness (QED) is 0.841. The molecular weight excluding hydrogens is 340 g/mol. The number of H-pyrrole nitrogens is 1. The van der Waals surface area contributed by atoms with Gasteiger partial charge in [0, 0.05) is 16.6 Å². The number of Topliss-reactive ketones (excluding diaryl/α,β-unsaturated/α-hetero) is 1. The number of ketones is 1. The number of rotatable bonds is 5. The van der Waals surface area contributed by atoms with Crippen molar-refractivity contribution in [1.82, 2.24) is 4.98 Å². The molecule has 0 unspecified atom stereocenters. The van der Waals surface area contributed by atoms with Crippen LogP contribution in [0.25, 0.3) is 10.9 Å². The smallest absolute Gasteiger partial charge is 0.229 e. The highest BCUT2D eigenvalue weighted by Crippen LogP contribution is 2.32. The molecule has 0 amide bonds. The number of carbonyl (C=O) groups is 1. The van der Waals surface area contributed by atoms with E-state index in [0.29, 0.717) is 27.8 Å². The van der Waals surface area contributed by atoms with Crippen LogP contribution in [-0.4, -0.2) is 39.6 Å². The van der Waals surface area contributed by atoms with E-state index in [9.17, 15) is 21.6 Å². The lowest BCUT2D eigenvalue weighted by atomic mass is 10.1. The first-order valence-electron chi connectivity index (χ1n) is 6.73. The molecule has 0 fully saturated rings. The predicted octanol–water partition coefficient (Wildman–Crippen LogP) is 1.52. The largest absolute Gasteiger partial charge is 0.358 e. The van der Waals surface area contributed by atoms with E-state index in [-0.39, 0.29) is 4.90 Å². The van der Waals surface area contributed by atoms with Gasteiger partial charge in [-0.05, 0) is 38.5 Å². The molecule has 0 atom stereocenters. The predicted molar refractivity (Wildman–Crippen MR) is 89.0 cm³/mol. The van der Waals surface area contributed by atoms with Crippen LogP contribution < -0.4 is 4.72 Å². The van der Waals surface area contributed by atoms with Gasteiger partial charge in [-0.2, -0.15) is 0 Å². The number of sulfonamides is 1. The Morgan fingerprint density at radius 3 is 2.30 bits per heavy atom. The molecule has 2 rings (SSSR count). The molecule has 0 spiro atoms. The number of aromatic amines is 1. The third-order valence-corrected chi connectivity index (χ3v) is 5.80. The van der Waals surface area contributed by atoms with Crippen molar-refractivity contribution >= 4 is 42.2 Å². The van der Waals surface area contributed by atoms with Crippen molar-refractivity contribution in [1.29, 1.82) is 0 Å². The number of sulfone groups is 1. The van der Waals surface area contributed by atoms with Crippen molar-refractivity contribution in [3.8, 4) is 0 Å². The van der Waals surface area contributed by atoms with Crippen LogP contribution in [0.15, 0.2) is 17.0 Å². The summed E-state index contributed by atoms with van der Waals surface area (Å²) in [5.74, 6) is -1.05. The number of fused-ring (bicyclic) bond motifs is 1. The molecule has 0 aliphatic heterocycles. The van der Waals surface area contributed by atoms with E-state index in [1.807, 2.05) is 0 Å². The van der Waals surface area contributed by atoms with Crippen molar-refractivity contribution in [2.45, 2.75) is 25.7 Å². The van der Waals surface area contributed by atoms with E-state index in [1.165, 1.54) is 13.0 Å². The summed E-state index contributed by atoms with van der Waals surface area (Å²) in [5, 5.41) is 0.362. The molecule has 0 radical (unpaired) electrons. The van der Waals surface area contributed by atoms with Crippen LogP contribution in [0.3, 0.4) is 0 Å². The van der Waals surface area contributed by atoms with Gasteiger partial charge in [-0.3, -0.25) is 9.52 Å². The summed E-state index contributed by atoms with van der Waals surface area (Å²) in [6, 6.07) is 3.14. The van der Waals surface area contributed by atoms with Crippen molar-refractivity contribution in [2.24, 2.45) is 0 Å². The van der Waals surface area contributed by atoms with Crippen molar-refractivity contribution in [3.05, 3.63) is 23.4 Å². The maximum atomic E-state index is 12.4. The van der Waals surface area contributed by atoms with E-state index in [0.717, 1.165) is 6.26 Å². The number of hydrogen-bond donors (Lipinski definition) is 2. The van der Waals surface area contributed by atoms with Crippen LogP contribution in [0, 0.1) is 13.8 Å². The molecule has 0 aliphatic carbocycles. The number of aromatic nitrogens is 1. The van der Waals surface area contributed by atoms with Gasteiger partial charge in [0.15, 0.2) is 9.84 Å². The third-order valence-electron chi connectivity index (χ3n) is 3.27. The fourth-order valence-electron chi connectivity index (χ4n) is 2.51. The van der Waals surface area contributed by atoms with Crippen LogP contribution in [0.5, 0.6) is 0 Å². The van der Waals surface area contributed by atoms with Gasteiger partial charge in [0.1, 0.15) is 11.5 Å². The number of benzene rings is 1. The Bertz CT molecular complexity index is 1000. The molecule has 0 saturated carbocycles.